The number of pyridine rings is 2. The number of nitrogens with one attached hydrogen (secondary N) is 1. The number of hydrogen-bond donors (Lipinski definition) is 2. The van der Waals surface area contributed by atoms with Gasteiger partial charge in [0.05, 0.1) is 17.6 Å². The Labute approximate surface area is 316 Å². The number of carbonyl (C=O) groups excluding carboxylic acids is 1. The number of fused-ring (bicyclic) bond motifs is 4. The van der Waals surface area contributed by atoms with Crippen LogP contribution >= 0.6 is 0 Å². The fourth-order valence-electron chi connectivity index (χ4n) is 9.03. The van der Waals surface area contributed by atoms with Gasteiger partial charge in [-0.15, -0.1) is 5.54 Å². The van der Waals surface area contributed by atoms with Crippen molar-refractivity contribution in [3.63, 3.8) is 0 Å². The fraction of sp³-hybridized carbons (Fsp3) is 0.463. The minimum Gasteiger partial charge on any atom is -0.468 e. The maximum absolute atomic E-state index is 17.6. The summed E-state index contributed by atoms with van der Waals surface area (Å²) in [6.07, 6.45) is 2.01. The van der Waals surface area contributed by atoms with Crippen molar-refractivity contribution in [3.8, 4) is 28.5 Å². The fourth-order valence-corrected chi connectivity index (χ4v) is 14.2. The SMILES string of the molecule is COCOc1cc(-c2ncc3c(N4CC5CCC(C4)N5C(=O)O)nc(NC(C)=O)c(C)c3c2F)c2c(C#C[Si](C(C)C)(C(C)C)C(C)C)c(F)ccc2c1. The lowest BCUT2D eigenvalue weighted by atomic mass is 9.94. The molecule has 2 atom stereocenters. The lowest BCUT2D eigenvalue weighted by Crippen LogP contribution is -2.55. The molecule has 0 radical (unpaired) electrons. The molecule has 2 N–H and O–H groups in total. The molecule has 2 amide bonds. The van der Waals surface area contributed by atoms with Gasteiger partial charge in [0, 0.05) is 60.6 Å². The third kappa shape index (κ3) is 6.75. The first-order valence-corrected chi connectivity index (χ1v) is 20.8. The van der Waals surface area contributed by atoms with E-state index in [0.29, 0.717) is 81.4 Å². The van der Waals surface area contributed by atoms with E-state index in [9.17, 15) is 14.7 Å². The van der Waals surface area contributed by atoms with Crippen molar-refractivity contribution in [2.75, 3.05) is 37.2 Å². The summed E-state index contributed by atoms with van der Waals surface area (Å²) in [5.41, 5.74) is 5.36. The van der Waals surface area contributed by atoms with Crippen molar-refractivity contribution in [2.24, 2.45) is 0 Å². The molecule has 2 aliphatic heterocycles. The molecule has 4 heterocycles. The highest BCUT2D eigenvalue weighted by Gasteiger charge is 2.44. The molecule has 2 aliphatic rings. The van der Waals surface area contributed by atoms with Gasteiger partial charge in [0.2, 0.25) is 5.91 Å². The topological polar surface area (TPSA) is 117 Å². The molecule has 10 nitrogen and oxygen atoms in total. The van der Waals surface area contributed by atoms with Gasteiger partial charge in [-0.3, -0.25) is 14.7 Å². The number of nitrogens with zero attached hydrogens (tertiary/aromatic N) is 4. The summed E-state index contributed by atoms with van der Waals surface area (Å²) in [5.74, 6) is 2.68. The number of carbonyl (C=O) groups is 2. The summed E-state index contributed by atoms with van der Waals surface area (Å²) in [4.78, 5) is 37.4. The van der Waals surface area contributed by atoms with Crippen LogP contribution in [0.15, 0.2) is 30.5 Å². The Balaban J connectivity index is 1.63. The van der Waals surface area contributed by atoms with Crippen LogP contribution in [0, 0.1) is 30.0 Å². The highest BCUT2D eigenvalue weighted by Crippen LogP contribution is 2.44. The largest absolute Gasteiger partial charge is 0.468 e. The number of rotatable bonds is 9. The number of aromatic nitrogens is 2. The van der Waals surface area contributed by atoms with Crippen molar-refractivity contribution in [1.82, 2.24) is 14.9 Å². The molecule has 6 rings (SSSR count). The molecule has 2 unspecified atom stereocenters. The number of aryl methyl sites for hydroxylation is 1. The Morgan fingerprint density at radius 1 is 1.04 bits per heavy atom. The second kappa shape index (κ2) is 15.1. The molecule has 4 aromatic rings. The average molecular weight is 758 g/mol. The van der Waals surface area contributed by atoms with E-state index in [4.69, 9.17) is 19.4 Å². The second-order valence-corrected chi connectivity index (χ2v) is 21.0. The maximum Gasteiger partial charge on any atom is 0.407 e. The van der Waals surface area contributed by atoms with Gasteiger partial charge in [0.1, 0.15) is 37.0 Å². The molecule has 2 aromatic carbocycles. The normalized spacial score (nSPS) is 17.1. The molecule has 286 valence electrons. The van der Waals surface area contributed by atoms with Gasteiger partial charge in [-0.25, -0.2) is 18.6 Å². The molecule has 0 saturated carbocycles. The van der Waals surface area contributed by atoms with E-state index in [1.54, 1.807) is 31.3 Å². The van der Waals surface area contributed by atoms with Crippen LogP contribution < -0.4 is 15.0 Å². The molecule has 13 heteroatoms. The van der Waals surface area contributed by atoms with Crippen LogP contribution in [-0.4, -0.2) is 79.1 Å². The van der Waals surface area contributed by atoms with Crippen LogP contribution in [0.4, 0.5) is 25.2 Å². The van der Waals surface area contributed by atoms with Crippen LogP contribution in [0.5, 0.6) is 5.75 Å². The van der Waals surface area contributed by atoms with Crippen molar-refractivity contribution in [1.29, 1.82) is 0 Å². The highest BCUT2D eigenvalue weighted by atomic mass is 28.3. The van der Waals surface area contributed by atoms with E-state index in [1.807, 2.05) is 4.90 Å². The molecule has 2 fully saturated rings. The van der Waals surface area contributed by atoms with E-state index >= 15 is 8.78 Å². The molecule has 54 heavy (non-hydrogen) atoms. The first-order valence-electron chi connectivity index (χ1n) is 18.5. The quantitative estimate of drug-likeness (QED) is 0.0989. The van der Waals surface area contributed by atoms with Crippen LogP contribution in [-0.2, 0) is 9.53 Å². The van der Waals surface area contributed by atoms with Gasteiger partial charge in [-0.1, -0.05) is 53.5 Å². The molecule has 0 spiro atoms. The van der Waals surface area contributed by atoms with Gasteiger partial charge < -0.3 is 24.8 Å². The molecule has 2 aromatic heterocycles. The highest BCUT2D eigenvalue weighted by molar-refractivity contribution is 6.90. The van der Waals surface area contributed by atoms with E-state index in [-0.39, 0.29) is 47.2 Å². The third-order valence-electron chi connectivity index (χ3n) is 11.4. The van der Waals surface area contributed by atoms with E-state index < -0.39 is 25.8 Å². The molecule has 0 aliphatic carbocycles. The van der Waals surface area contributed by atoms with Gasteiger partial charge in [0.15, 0.2) is 12.6 Å². The first-order chi connectivity index (χ1) is 25.6. The predicted molar refractivity (Wildman–Crippen MR) is 211 cm³/mol. The number of methoxy groups -OCH3 is 1. The Kier molecular flexibility index (Phi) is 10.9. The maximum atomic E-state index is 17.6. The smallest absolute Gasteiger partial charge is 0.407 e. The first kappa shape index (κ1) is 38.9. The number of amides is 2. The van der Waals surface area contributed by atoms with Crippen molar-refractivity contribution in [2.45, 2.75) is 96.9 Å². The van der Waals surface area contributed by atoms with E-state index in [0.717, 1.165) is 0 Å². The van der Waals surface area contributed by atoms with Crippen molar-refractivity contribution in [3.05, 3.63) is 53.2 Å². The number of piperazine rings is 1. The molecular formula is C41H49F2N5O5Si. The minimum atomic E-state index is -2.30. The molecule has 2 saturated heterocycles. The number of halogens is 2. The number of anilines is 2. The van der Waals surface area contributed by atoms with Crippen LogP contribution in [0.25, 0.3) is 32.8 Å². The van der Waals surface area contributed by atoms with Gasteiger partial charge >= 0.3 is 6.09 Å². The number of ether oxygens (including phenoxy) is 2. The minimum absolute atomic E-state index is 0.0473. The lowest BCUT2D eigenvalue weighted by Gasteiger charge is -2.40. The summed E-state index contributed by atoms with van der Waals surface area (Å²) in [6.45, 7) is 16.8. The summed E-state index contributed by atoms with van der Waals surface area (Å²) >= 11 is 0. The average Bonchev–Trinajstić information content (AvgIpc) is 3.38. The second-order valence-electron chi connectivity index (χ2n) is 15.5. The molecular weight excluding hydrogens is 709 g/mol. The Bertz CT molecular complexity index is 2160. The monoisotopic (exact) mass is 757 g/mol. The summed E-state index contributed by atoms with van der Waals surface area (Å²) in [6, 6.07) is 5.90. The Morgan fingerprint density at radius 3 is 2.26 bits per heavy atom. The van der Waals surface area contributed by atoms with E-state index in [1.165, 1.54) is 25.0 Å². The van der Waals surface area contributed by atoms with E-state index in [2.05, 4.69) is 58.3 Å². The number of benzene rings is 2. The summed E-state index contributed by atoms with van der Waals surface area (Å²) in [7, 11) is -0.802. The zero-order valence-corrected chi connectivity index (χ0v) is 33.4. The zero-order valence-electron chi connectivity index (χ0n) is 32.4. The van der Waals surface area contributed by atoms with Gasteiger partial charge in [0.25, 0.3) is 0 Å². The van der Waals surface area contributed by atoms with Crippen LogP contribution in [0.1, 0.15) is 72.4 Å². The summed E-state index contributed by atoms with van der Waals surface area (Å²) < 4.78 is 44.7. The predicted octanol–water partition coefficient (Wildman–Crippen LogP) is 8.88. The van der Waals surface area contributed by atoms with Crippen LogP contribution in [0.3, 0.4) is 0 Å². The molecule has 2 bridgehead atoms. The van der Waals surface area contributed by atoms with Gasteiger partial charge in [-0.05, 0) is 60.0 Å². The standard InChI is InChI=1S/C41H49F2N5O5Si/c1-22(2)54(23(3)4,24(5)6)15-14-31-34(42)13-10-27-16-30(53-21-52-9)17-32(36(27)31)38-37(43)35-25(7)39(45-26(8)49)46-40(33(35)18-44-38)47-19-28-11-12-29(20-47)48(28)41(50)51/h10,13,16-18,22-24,28-29H,11-12,19-21H2,1-9H3,(H,50,51)(H,45,46,49). The summed E-state index contributed by atoms with van der Waals surface area (Å²) in [5, 5.41) is 14.2. The Morgan fingerprint density at radius 2 is 1.69 bits per heavy atom. The lowest BCUT2D eigenvalue weighted by molar-refractivity contribution is -0.114. The van der Waals surface area contributed by atoms with Crippen LogP contribution in [0.2, 0.25) is 16.6 Å². The number of hydrogen-bond acceptors (Lipinski definition) is 7. The van der Waals surface area contributed by atoms with Gasteiger partial charge in [-0.2, -0.15) is 0 Å². The van der Waals surface area contributed by atoms with Crippen molar-refractivity contribution >= 4 is 53.3 Å². The Hall–Kier alpha value is -4.80. The van der Waals surface area contributed by atoms with Crippen molar-refractivity contribution < 1.29 is 33.0 Å². The third-order valence-corrected chi connectivity index (χ3v) is 17.7. The zero-order chi connectivity index (χ0) is 39.2. The number of carboxylic acid groups (broad SMARTS) is 1.